The lowest BCUT2D eigenvalue weighted by Crippen LogP contribution is -2.39. The quantitative estimate of drug-likeness (QED) is 0.374. The van der Waals surface area contributed by atoms with E-state index in [1.54, 1.807) is 0 Å². The molecule has 0 saturated carbocycles. The standard InChI is InChI=1S/C28H25N5O2/c1-18-7-2-3-9-22(18)27-32-31-26(35-27)19-12-14-20(15-13-19)28(34)33-16-6-8-21(17-33)25-29-23-10-4-5-11-24(23)30-25/h2-5,7,9-15,21H,6,8,16-17H2,1H3,(H,29,30). The van der Waals surface area contributed by atoms with E-state index in [0.717, 1.165) is 52.9 Å². The lowest BCUT2D eigenvalue weighted by atomic mass is 9.96. The van der Waals surface area contributed by atoms with Crippen molar-refractivity contribution in [2.75, 3.05) is 13.1 Å². The number of hydrogen-bond acceptors (Lipinski definition) is 5. The molecule has 2 aromatic heterocycles. The summed E-state index contributed by atoms with van der Waals surface area (Å²) in [5.74, 6) is 2.12. The van der Waals surface area contributed by atoms with Crippen LogP contribution < -0.4 is 0 Å². The van der Waals surface area contributed by atoms with Crippen molar-refractivity contribution in [3.63, 3.8) is 0 Å². The third-order valence-corrected chi connectivity index (χ3v) is 6.68. The molecular formula is C28H25N5O2. The molecule has 3 heterocycles. The van der Waals surface area contributed by atoms with Crippen LogP contribution >= 0.6 is 0 Å². The Morgan fingerprint density at radius 1 is 0.971 bits per heavy atom. The molecule has 174 valence electrons. The summed E-state index contributed by atoms with van der Waals surface area (Å²) < 4.78 is 5.91. The number of aromatic amines is 1. The second-order valence-corrected chi connectivity index (χ2v) is 9.03. The van der Waals surface area contributed by atoms with Gasteiger partial charge in [0.1, 0.15) is 5.82 Å². The van der Waals surface area contributed by atoms with Crippen LogP contribution in [0.2, 0.25) is 0 Å². The van der Waals surface area contributed by atoms with Gasteiger partial charge >= 0.3 is 0 Å². The van der Waals surface area contributed by atoms with E-state index in [-0.39, 0.29) is 11.8 Å². The normalized spacial score (nSPS) is 16.0. The third kappa shape index (κ3) is 4.10. The summed E-state index contributed by atoms with van der Waals surface area (Å²) >= 11 is 0. The molecule has 0 spiro atoms. The number of amides is 1. The Balaban J connectivity index is 1.17. The minimum atomic E-state index is 0.0310. The van der Waals surface area contributed by atoms with Gasteiger partial charge in [0.05, 0.1) is 11.0 Å². The molecule has 1 unspecified atom stereocenters. The molecule has 1 fully saturated rings. The van der Waals surface area contributed by atoms with E-state index in [1.165, 1.54) is 0 Å². The number of carbonyl (C=O) groups excluding carboxylic acids is 1. The van der Waals surface area contributed by atoms with Crippen LogP contribution in [0.25, 0.3) is 33.9 Å². The number of para-hydroxylation sites is 2. The average molecular weight is 464 g/mol. The van der Waals surface area contributed by atoms with Gasteiger partial charge in [0.25, 0.3) is 5.91 Å². The zero-order valence-electron chi connectivity index (χ0n) is 19.4. The molecule has 1 amide bonds. The monoisotopic (exact) mass is 463 g/mol. The van der Waals surface area contributed by atoms with E-state index in [0.29, 0.717) is 23.9 Å². The molecule has 0 aliphatic carbocycles. The van der Waals surface area contributed by atoms with E-state index >= 15 is 0 Å². The Kier molecular flexibility index (Phi) is 5.37. The van der Waals surface area contributed by atoms with Crippen LogP contribution in [0.5, 0.6) is 0 Å². The van der Waals surface area contributed by atoms with Crippen molar-refractivity contribution in [1.29, 1.82) is 0 Å². The fourth-order valence-electron chi connectivity index (χ4n) is 4.75. The van der Waals surface area contributed by atoms with Crippen LogP contribution in [0.1, 0.15) is 40.5 Å². The van der Waals surface area contributed by atoms with Crippen LogP contribution in [0.4, 0.5) is 0 Å². The van der Waals surface area contributed by atoms with Gasteiger partial charge in [0.2, 0.25) is 11.8 Å². The summed E-state index contributed by atoms with van der Waals surface area (Å²) in [6.07, 6.45) is 1.97. The Hall–Kier alpha value is -4.26. The topological polar surface area (TPSA) is 87.9 Å². The molecule has 0 bridgehead atoms. The summed E-state index contributed by atoms with van der Waals surface area (Å²) in [6, 6.07) is 23.3. The van der Waals surface area contributed by atoms with Gasteiger partial charge in [-0.25, -0.2) is 4.98 Å². The first-order valence-electron chi connectivity index (χ1n) is 11.9. The number of nitrogens with one attached hydrogen (secondary N) is 1. The molecular weight excluding hydrogens is 438 g/mol. The Morgan fingerprint density at radius 3 is 2.57 bits per heavy atom. The molecule has 1 atom stereocenters. The maximum Gasteiger partial charge on any atom is 0.253 e. The smallest absolute Gasteiger partial charge is 0.253 e. The van der Waals surface area contributed by atoms with Crippen molar-refractivity contribution in [2.45, 2.75) is 25.7 Å². The molecule has 1 aliphatic rings. The number of H-pyrrole nitrogens is 1. The van der Waals surface area contributed by atoms with E-state index in [9.17, 15) is 4.79 Å². The third-order valence-electron chi connectivity index (χ3n) is 6.68. The predicted octanol–water partition coefficient (Wildman–Crippen LogP) is 5.61. The van der Waals surface area contributed by atoms with E-state index in [2.05, 4.69) is 15.2 Å². The first-order valence-corrected chi connectivity index (χ1v) is 11.9. The maximum atomic E-state index is 13.3. The van der Waals surface area contributed by atoms with Crippen LogP contribution in [0, 0.1) is 6.92 Å². The minimum absolute atomic E-state index is 0.0310. The van der Waals surface area contributed by atoms with Gasteiger partial charge in [-0.1, -0.05) is 30.3 Å². The summed E-state index contributed by atoms with van der Waals surface area (Å²) in [5.41, 5.74) is 5.43. The number of benzene rings is 3. The molecule has 7 nitrogen and oxygen atoms in total. The van der Waals surface area contributed by atoms with E-state index in [4.69, 9.17) is 9.40 Å². The average Bonchev–Trinajstić information content (AvgIpc) is 3.57. The highest BCUT2D eigenvalue weighted by molar-refractivity contribution is 5.94. The van der Waals surface area contributed by atoms with Crippen molar-refractivity contribution in [3.05, 3.63) is 89.7 Å². The highest BCUT2D eigenvalue weighted by atomic mass is 16.4. The van der Waals surface area contributed by atoms with Crippen LogP contribution in [0.15, 0.2) is 77.2 Å². The van der Waals surface area contributed by atoms with Gasteiger partial charge in [-0.2, -0.15) is 0 Å². The SMILES string of the molecule is Cc1ccccc1-c1nnc(-c2ccc(C(=O)N3CCCC(c4nc5ccccc5[nH]4)C3)cc2)o1. The van der Waals surface area contributed by atoms with Crippen molar-refractivity contribution >= 4 is 16.9 Å². The molecule has 35 heavy (non-hydrogen) atoms. The van der Waals surface area contributed by atoms with Gasteiger partial charge in [-0.3, -0.25) is 4.79 Å². The molecule has 1 aliphatic heterocycles. The van der Waals surface area contributed by atoms with Gasteiger partial charge in [0.15, 0.2) is 0 Å². The van der Waals surface area contributed by atoms with Crippen molar-refractivity contribution in [3.8, 4) is 22.9 Å². The predicted molar refractivity (Wildman–Crippen MR) is 134 cm³/mol. The van der Waals surface area contributed by atoms with E-state index in [1.807, 2.05) is 84.6 Å². The zero-order valence-corrected chi connectivity index (χ0v) is 19.4. The highest BCUT2D eigenvalue weighted by Gasteiger charge is 2.27. The fourth-order valence-corrected chi connectivity index (χ4v) is 4.75. The number of hydrogen-bond donors (Lipinski definition) is 1. The fraction of sp³-hybridized carbons (Fsp3) is 0.214. The number of piperidine rings is 1. The lowest BCUT2D eigenvalue weighted by Gasteiger charge is -2.32. The molecule has 3 aromatic carbocycles. The molecule has 6 rings (SSSR count). The number of aromatic nitrogens is 4. The van der Waals surface area contributed by atoms with Crippen molar-refractivity contribution in [1.82, 2.24) is 25.1 Å². The summed E-state index contributed by atoms with van der Waals surface area (Å²) in [7, 11) is 0. The van der Waals surface area contributed by atoms with Crippen molar-refractivity contribution < 1.29 is 9.21 Å². The molecule has 1 N–H and O–H groups in total. The number of likely N-dealkylation sites (tertiary alicyclic amines) is 1. The number of aryl methyl sites for hydroxylation is 1. The maximum absolute atomic E-state index is 13.3. The Bertz CT molecular complexity index is 1470. The lowest BCUT2D eigenvalue weighted by molar-refractivity contribution is 0.0705. The summed E-state index contributed by atoms with van der Waals surface area (Å²) in [4.78, 5) is 23.4. The first kappa shape index (κ1) is 21.3. The summed E-state index contributed by atoms with van der Waals surface area (Å²) in [6.45, 7) is 3.42. The molecule has 7 heteroatoms. The molecule has 5 aromatic rings. The van der Waals surface area contributed by atoms with Gasteiger partial charge in [-0.15, -0.1) is 10.2 Å². The molecule has 1 saturated heterocycles. The van der Waals surface area contributed by atoms with Gasteiger partial charge in [0, 0.05) is 35.7 Å². The minimum Gasteiger partial charge on any atom is -0.416 e. The number of fused-ring (bicyclic) bond motifs is 1. The highest BCUT2D eigenvalue weighted by Crippen LogP contribution is 2.29. The Morgan fingerprint density at radius 2 is 1.74 bits per heavy atom. The number of rotatable bonds is 4. The second kappa shape index (κ2) is 8.83. The largest absolute Gasteiger partial charge is 0.416 e. The van der Waals surface area contributed by atoms with Gasteiger partial charge < -0.3 is 14.3 Å². The molecule has 0 radical (unpaired) electrons. The van der Waals surface area contributed by atoms with Crippen molar-refractivity contribution in [2.24, 2.45) is 0 Å². The number of imidazole rings is 1. The van der Waals surface area contributed by atoms with Crippen LogP contribution in [-0.2, 0) is 0 Å². The zero-order chi connectivity index (χ0) is 23.8. The second-order valence-electron chi connectivity index (χ2n) is 9.03. The summed E-state index contributed by atoms with van der Waals surface area (Å²) in [5, 5.41) is 8.41. The first-order chi connectivity index (χ1) is 17.2. The Labute approximate surface area is 202 Å². The number of nitrogens with zero attached hydrogens (tertiary/aromatic N) is 4. The van der Waals surface area contributed by atoms with Crippen LogP contribution in [0.3, 0.4) is 0 Å². The van der Waals surface area contributed by atoms with Gasteiger partial charge in [-0.05, 0) is 67.8 Å². The number of carbonyl (C=O) groups is 1. The van der Waals surface area contributed by atoms with E-state index < -0.39 is 0 Å². The van der Waals surface area contributed by atoms with Crippen LogP contribution in [-0.4, -0.2) is 44.1 Å².